The summed E-state index contributed by atoms with van der Waals surface area (Å²) in [5.41, 5.74) is 1.82. The highest BCUT2D eigenvalue weighted by atomic mass is 16.5. The van der Waals surface area contributed by atoms with E-state index in [2.05, 4.69) is 6.07 Å². The summed E-state index contributed by atoms with van der Waals surface area (Å²) in [7, 11) is 0. The first-order chi connectivity index (χ1) is 8.16. The smallest absolute Gasteiger partial charge is 0.302 e. The molecule has 0 spiro atoms. The lowest BCUT2D eigenvalue weighted by molar-refractivity contribution is -0.144. The van der Waals surface area contributed by atoms with Crippen LogP contribution in [0.2, 0.25) is 0 Å². The van der Waals surface area contributed by atoms with Gasteiger partial charge in [0.2, 0.25) is 0 Å². The van der Waals surface area contributed by atoms with Crippen LogP contribution in [0.25, 0.3) is 0 Å². The van der Waals surface area contributed by atoms with Crippen LogP contribution in [0.1, 0.15) is 37.3 Å². The van der Waals surface area contributed by atoms with Gasteiger partial charge in [0.1, 0.15) is 6.61 Å². The molecule has 0 unspecified atom stereocenters. The molecule has 1 aromatic rings. The molecule has 3 nitrogen and oxygen atoms in total. The van der Waals surface area contributed by atoms with Gasteiger partial charge in [0, 0.05) is 12.3 Å². The monoisotopic (exact) mass is 229 g/mol. The number of benzene rings is 1. The third kappa shape index (κ3) is 2.31. The maximum Gasteiger partial charge on any atom is 0.302 e. The summed E-state index contributed by atoms with van der Waals surface area (Å²) in [6.07, 6.45) is 3.26. The van der Waals surface area contributed by atoms with E-state index in [1.807, 2.05) is 24.3 Å². The Hall–Kier alpha value is -1.82. The molecule has 0 radical (unpaired) electrons. The Balaban J connectivity index is 2.16. The van der Waals surface area contributed by atoms with Crippen LogP contribution in [0.5, 0.6) is 0 Å². The number of rotatable bonds is 3. The van der Waals surface area contributed by atoms with Gasteiger partial charge >= 0.3 is 5.97 Å². The van der Waals surface area contributed by atoms with Crippen LogP contribution in [0, 0.1) is 11.3 Å². The lowest BCUT2D eigenvalue weighted by atomic mass is 9.65. The maximum atomic E-state index is 10.9. The summed E-state index contributed by atoms with van der Waals surface area (Å²) in [5, 5.41) is 8.76. The molecule has 0 heterocycles. The van der Waals surface area contributed by atoms with E-state index in [1.54, 1.807) is 0 Å². The average molecular weight is 229 g/mol. The topological polar surface area (TPSA) is 50.1 Å². The first-order valence-corrected chi connectivity index (χ1v) is 5.80. The summed E-state index contributed by atoms with van der Waals surface area (Å²) in [6, 6.07) is 9.70. The lowest BCUT2D eigenvalue weighted by Crippen LogP contribution is -2.39. The molecule has 1 aromatic carbocycles. The molecule has 1 aliphatic carbocycles. The SMILES string of the molecule is CC(=O)OCC1(c2ccc(C#N)cc2)CCC1. The van der Waals surface area contributed by atoms with Gasteiger partial charge in [-0.2, -0.15) is 5.26 Å². The van der Waals surface area contributed by atoms with Crippen molar-refractivity contribution in [1.29, 1.82) is 5.26 Å². The van der Waals surface area contributed by atoms with Crippen molar-refractivity contribution < 1.29 is 9.53 Å². The third-order valence-corrected chi connectivity index (χ3v) is 3.49. The van der Waals surface area contributed by atoms with E-state index in [0.717, 1.165) is 12.8 Å². The molecule has 0 N–H and O–H groups in total. The summed E-state index contributed by atoms with van der Waals surface area (Å²) in [5.74, 6) is -0.232. The Bertz CT molecular complexity index is 452. The standard InChI is InChI=1S/C14H15NO2/c1-11(16)17-10-14(7-2-8-14)13-5-3-12(9-15)4-6-13/h3-6H,2,7-8,10H2,1H3. The molecule has 0 saturated heterocycles. The molecule has 0 amide bonds. The number of nitrogens with zero attached hydrogens (tertiary/aromatic N) is 1. The Morgan fingerprint density at radius 2 is 2.06 bits per heavy atom. The summed E-state index contributed by atoms with van der Waals surface area (Å²) < 4.78 is 5.16. The number of hydrogen-bond acceptors (Lipinski definition) is 3. The van der Waals surface area contributed by atoms with E-state index in [4.69, 9.17) is 10.00 Å². The second-order valence-electron chi connectivity index (χ2n) is 4.60. The zero-order valence-corrected chi connectivity index (χ0v) is 9.90. The van der Waals surface area contributed by atoms with Crippen molar-refractivity contribution in [2.75, 3.05) is 6.61 Å². The molecule has 0 aliphatic heterocycles. The van der Waals surface area contributed by atoms with Crippen LogP contribution >= 0.6 is 0 Å². The van der Waals surface area contributed by atoms with E-state index < -0.39 is 0 Å². The van der Waals surface area contributed by atoms with Crippen LogP contribution in [-0.2, 0) is 14.9 Å². The fraction of sp³-hybridized carbons (Fsp3) is 0.429. The van der Waals surface area contributed by atoms with Crippen LogP contribution in [0.15, 0.2) is 24.3 Å². The molecule has 88 valence electrons. The third-order valence-electron chi connectivity index (χ3n) is 3.49. The van der Waals surface area contributed by atoms with Crippen molar-refractivity contribution in [2.45, 2.75) is 31.6 Å². The van der Waals surface area contributed by atoms with Crippen molar-refractivity contribution in [3.63, 3.8) is 0 Å². The van der Waals surface area contributed by atoms with Gasteiger partial charge in [0.15, 0.2) is 0 Å². The molecule has 1 saturated carbocycles. The Morgan fingerprint density at radius 1 is 1.41 bits per heavy atom. The predicted molar refractivity (Wildman–Crippen MR) is 63.3 cm³/mol. The molecule has 3 heteroatoms. The summed E-state index contributed by atoms with van der Waals surface area (Å²) >= 11 is 0. The fourth-order valence-electron chi connectivity index (χ4n) is 2.26. The number of carbonyl (C=O) groups excluding carboxylic acids is 1. The summed E-state index contributed by atoms with van der Waals surface area (Å²) in [4.78, 5) is 10.9. The van der Waals surface area contributed by atoms with Gasteiger partial charge in [-0.25, -0.2) is 0 Å². The van der Waals surface area contributed by atoms with Crippen LogP contribution < -0.4 is 0 Å². The zero-order valence-electron chi connectivity index (χ0n) is 9.90. The fourth-order valence-corrected chi connectivity index (χ4v) is 2.26. The van der Waals surface area contributed by atoms with Crippen molar-refractivity contribution in [3.05, 3.63) is 35.4 Å². The van der Waals surface area contributed by atoms with Crippen molar-refractivity contribution in [3.8, 4) is 6.07 Å². The van der Waals surface area contributed by atoms with E-state index in [0.29, 0.717) is 12.2 Å². The number of esters is 1. The van der Waals surface area contributed by atoms with Gasteiger partial charge in [-0.1, -0.05) is 18.6 Å². The molecule has 17 heavy (non-hydrogen) atoms. The molecule has 0 atom stereocenters. The van der Waals surface area contributed by atoms with Crippen LogP contribution in [-0.4, -0.2) is 12.6 Å². The van der Waals surface area contributed by atoms with Gasteiger partial charge in [0.25, 0.3) is 0 Å². The quantitative estimate of drug-likeness (QED) is 0.748. The second-order valence-corrected chi connectivity index (χ2v) is 4.60. The lowest BCUT2D eigenvalue weighted by Gasteiger charge is -2.41. The largest absolute Gasteiger partial charge is 0.465 e. The number of nitriles is 1. The molecule has 2 rings (SSSR count). The molecule has 0 aromatic heterocycles. The highest BCUT2D eigenvalue weighted by Gasteiger charge is 2.39. The Morgan fingerprint density at radius 3 is 2.47 bits per heavy atom. The van der Waals surface area contributed by atoms with Crippen LogP contribution in [0.3, 0.4) is 0 Å². The number of ether oxygens (including phenoxy) is 1. The van der Waals surface area contributed by atoms with Crippen LogP contribution in [0.4, 0.5) is 0 Å². The van der Waals surface area contributed by atoms with E-state index >= 15 is 0 Å². The van der Waals surface area contributed by atoms with E-state index in [1.165, 1.54) is 18.9 Å². The number of hydrogen-bond donors (Lipinski definition) is 0. The van der Waals surface area contributed by atoms with E-state index in [9.17, 15) is 4.79 Å². The van der Waals surface area contributed by atoms with Gasteiger partial charge in [-0.05, 0) is 30.5 Å². The molecule has 0 bridgehead atoms. The van der Waals surface area contributed by atoms with Gasteiger partial charge in [-0.15, -0.1) is 0 Å². The van der Waals surface area contributed by atoms with Gasteiger partial charge in [-0.3, -0.25) is 4.79 Å². The predicted octanol–water partition coefficient (Wildman–Crippen LogP) is 2.54. The van der Waals surface area contributed by atoms with Crippen molar-refractivity contribution >= 4 is 5.97 Å². The van der Waals surface area contributed by atoms with Gasteiger partial charge < -0.3 is 4.74 Å². The summed E-state index contributed by atoms with van der Waals surface area (Å²) in [6.45, 7) is 1.89. The van der Waals surface area contributed by atoms with Crippen molar-refractivity contribution in [2.24, 2.45) is 0 Å². The van der Waals surface area contributed by atoms with E-state index in [-0.39, 0.29) is 11.4 Å². The molecule has 1 fully saturated rings. The second kappa shape index (κ2) is 4.58. The van der Waals surface area contributed by atoms with Crippen molar-refractivity contribution in [1.82, 2.24) is 0 Å². The highest BCUT2D eigenvalue weighted by Crippen LogP contribution is 2.43. The minimum Gasteiger partial charge on any atom is -0.465 e. The minimum atomic E-state index is -0.232. The molecular weight excluding hydrogens is 214 g/mol. The zero-order chi connectivity index (χ0) is 12.3. The minimum absolute atomic E-state index is 0.0142. The molecule has 1 aliphatic rings. The highest BCUT2D eigenvalue weighted by molar-refractivity contribution is 5.66. The molecular formula is C14H15NO2. The number of carbonyl (C=O) groups is 1. The average Bonchev–Trinajstić information content (AvgIpc) is 2.28. The normalized spacial score (nSPS) is 16.7. The van der Waals surface area contributed by atoms with Gasteiger partial charge in [0.05, 0.1) is 11.6 Å². The maximum absolute atomic E-state index is 10.9. The Labute approximate surface area is 101 Å². The first-order valence-electron chi connectivity index (χ1n) is 5.80. The first kappa shape index (κ1) is 11.7. The Kier molecular flexibility index (Phi) is 3.14.